The van der Waals surface area contributed by atoms with E-state index in [2.05, 4.69) is 34.7 Å². The van der Waals surface area contributed by atoms with Crippen LogP contribution >= 0.6 is 0 Å². The molecule has 0 aliphatic carbocycles. The molecule has 0 fully saturated rings. The average Bonchev–Trinajstić information content (AvgIpc) is 2.64. The Hall–Kier alpha value is -3.14. The highest BCUT2D eigenvalue weighted by atomic mass is 16.1. The Morgan fingerprint density at radius 3 is 2.42 bits per heavy atom. The van der Waals surface area contributed by atoms with E-state index in [0.29, 0.717) is 12.1 Å². The summed E-state index contributed by atoms with van der Waals surface area (Å²) >= 11 is 0. The highest BCUT2D eigenvalue weighted by molar-refractivity contribution is 5.92. The number of aromatic nitrogens is 1. The highest BCUT2D eigenvalue weighted by Gasteiger charge is 2.05. The smallest absolute Gasteiger partial charge is 0.228 e. The van der Waals surface area contributed by atoms with Crippen LogP contribution in [0.1, 0.15) is 22.3 Å². The predicted octanol–water partition coefficient (Wildman–Crippen LogP) is 4.49. The number of benzene rings is 2. The summed E-state index contributed by atoms with van der Waals surface area (Å²) in [5.41, 5.74) is 5.37. The van der Waals surface area contributed by atoms with Gasteiger partial charge in [-0.05, 0) is 42.7 Å². The lowest BCUT2D eigenvalue weighted by Gasteiger charge is -2.09. The van der Waals surface area contributed by atoms with Gasteiger partial charge in [0.25, 0.3) is 0 Å². The molecule has 3 rings (SSSR count). The highest BCUT2D eigenvalue weighted by Crippen LogP contribution is 2.13. The van der Waals surface area contributed by atoms with E-state index in [0.717, 1.165) is 17.9 Å². The van der Waals surface area contributed by atoms with Gasteiger partial charge in [0, 0.05) is 6.54 Å². The lowest BCUT2D eigenvalue weighted by molar-refractivity contribution is -0.115. The lowest BCUT2D eigenvalue weighted by Crippen LogP contribution is -2.14. The van der Waals surface area contributed by atoms with Crippen LogP contribution in [0, 0.1) is 13.8 Å². The monoisotopic (exact) mass is 345 g/mol. The molecule has 1 heterocycles. The van der Waals surface area contributed by atoms with Crippen molar-refractivity contribution in [1.82, 2.24) is 4.98 Å². The first-order valence-corrected chi connectivity index (χ1v) is 8.70. The largest absolute Gasteiger partial charge is 0.366 e. The van der Waals surface area contributed by atoms with Gasteiger partial charge in [0.1, 0.15) is 5.82 Å². The van der Waals surface area contributed by atoms with E-state index in [1.165, 1.54) is 16.7 Å². The topological polar surface area (TPSA) is 54.0 Å². The Labute approximate surface area is 154 Å². The van der Waals surface area contributed by atoms with E-state index in [-0.39, 0.29) is 5.91 Å². The number of carbonyl (C=O) groups excluding carboxylic acids is 1. The lowest BCUT2D eigenvalue weighted by atomic mass is 10.1. The molecule has 1 amide bonds. The molecule has 4 heteroatoms. The number of anilines is 2. The molecule has 26 heavy (non-hydrogen) atoms. The minimum atomic E-state index is -0.0451. The molecule has 0 aliphatic rings. The summed E-state index contributed by atoms with van der Waals surface area (Å²) < 4.78 is 0. The fraction of sp³-hybridized carbons (Fsp3) is 0.182. The third-order valence-electron chi connectivity index (χ3n) is 4.25. The Balaban J connectivity index is 1.53. The second-order valence-corrected chi connectivity index (χ2v) is 6.42. The van der Waals surface area contributed by atoms with Crippen molar-refractivity contribution in [1.29, 1.82) is 0 Å². The maximum Gasteiger partial charge on any atom is 0.228 e. The van der Waals surface area contributed by atoms with Gasteiger partial charge in [-0.1, -0.05) is 54.1 Å². The summed E-state index contributed by atoms with van der Waals surface area (Å²) in [7, 11) is 0. The van der Waals surface area contributed by atoms with E-state index in [9.17, 15) is 4.79 Å². The van der Waals surface area contributed by atoms with Crippen LogP contribution in [0.2, 0.25) is 0 Å². The number of pyridine rings is 1. The first kappa shape index (κ1) is 17.7. The molecule has 0 aliphatic heterocycles. The summed E-state index contributed by atoms with van der Waals surface area (Å²) in [6.45, 7) is 4.85. The fourth-order valence-electron chi connectivity index (χ4n) is 2.66. The van der Waals surface area contributed by atoms with Gasteiger partial charge in [-0.2, -0.15) is 0 Å². The van der Waals surface area contributed by atoms with Crippen molar-refractivity contribution >= 4 is 17.4 Å². The normalized spacial score (nSPS) is 10.4. The third-order valence-corrected chi connectivity index (χ3v) is 4.25. The Bertz CT molecular complexity index is 871. The van der Waals surface area contributed by atoms with E-state index in [4.69, 9.17) is 0 Å². The van der Waals surface area contributed by atoms with Crippen LogP contribution in [0.25, 0.3) is 0 Å². The van der Waals surface area contributed by atoms with E-state index in [1.807, 2.05) is 55.5 Å². The molecule has 3 aromatic rings. The average molecular weight is 345 g/mol. The molecule has 0 bridgehead atoms. The first-order chi connectivity index (χ1) is 12.6. The molecule has 1 aromatic heterocycles. The van der Waals surface area contributed by atoms with E-state index >= 15 is 0 Å². The van der Waals surface area contributed by atoms with Gasteiger partial charge < -0.3 is 10.6 Å². The molecule has 2 aromatic carbocycles. The van der Waals surface area contributed by atoms with Gasteiger partial charge in [-0.15, -0.1) is 0 Å². The van der Waals surface area contributed by atoms with Crippen molar-refractivity contribution in [3.63, 3.8) is 0 Å². The van der Waals surface area contributed by atoms with Crippen LogP contribution in [-0.4, -0.2) is 10.9 Å². The van der Waals surface area contributed by atoms with Gasteiger partial charge in [0.2, 0.25) is 5.91 Å². The molecular weight excluding hydrogens is 322 g/mol. The van der Waals surface area contributed by atoms with Gasteiger partial charge in [0.15, 0.2) is 0 Å². The fourth-order valence-corrected chi connectivity index (χ4v) is 2.66. The van der Waals surface area contributed by atoms with Crippen molar-refractivity contribution in [2.24, 2.45) is 0 Å². The maximum absolute atomic E-state index is 12.1. The minimum absolute atomic E-state index is 0.0451. The zero-order valence-electron chi connectivity index (χ0n) is 15.1. The van der Waals surface area contributed by atoms with Crippen LogP contribution in [0.4, 0.5) is 11.5 Å². The third kappa shape index (κ3) is 4.93. The van der Waals surface area contributed by atoms with Gasteiger partial charge in [-0.3, -0.25) is 4.79 Å². The van der Waals surface area contributed by atoms with E-state index in [1.54, 1.807) is 6.20 Å². The van der Waals surface area contributed by atoms with Gasteiger partial charge >= 0.3 is 0 Å². The maximum atomic E-state index is 12.1. The molecule has 0 atom stereocenters. The molecular formula is C22H23N3O. The second-order valence-electron chi connectivity index (χ2n) is 6.42. The molecule has 2 N–H and O–H groups in total. The summed E-state index contributed by atoms with van der Waals surface area (Å²) in [5.74, 6) is 0.737. The summed E-state index contributed by atoms with van der Waals surface area (Å²) in [6.07, 6.45) is 2.03. The van der Waals surface area contributed by atoms with Crippen molar-refractivity contribution < 1.29 is 4.79 Å². The first-order valence-electron chi connectivity index (χ1n) is 8.70. The Morgan fingerprint density at radius 1 is 0.962 bits per heavy atom. The Kier molecular flexibility index (Phi) is 5.64. The summed E-state index contributed by atoms with van der Waals surface area (Å²) in [4.78, 5) is 16.5. The molecule has 0 unspecified atom stereocenters. The number of nitrogens with zero attached hydrogens (tertiary/aromatic N) is 1. The number of rotatable bonds is 6. The zero-order valence-corrected chi connectivity index (χ0v) is 15.1. The number of hydrogen-bond donors (Lipinski definition) is 2. The molecule has 4 nitrogen and oxygen atoms in total. The number of nitrogens with one attached hydrogen (secondary N) is 2. The standard InChI is InChI=1S/C22H23N3O/c1-16-7-9-18(10-8-16)13-22(26)25-20-11-12-21(24-15-20)23-14-19-6-4-3-5-17(19)2/h3-12,15H,13-14H2,1-2H3,(H,23,24)(H,25,26). The summed E-state index contributed by atoms with van der Waals surface area (Å²) in [5, 5.41) is 6.19. The Morgan fingerprint density at radius 2 is 1.73 bits per heavy atom. The van der Waals surface area contributed by atoms with Crippen LogP contribution in [0.5, 0.6) is 0 Å². The molecule has 0 saturated carbocycles. The van der Waals surface area contributed by atoms with Gasteiger partial charge in [-0.25, -0.2) is 4.98 Å². The molecule has 0 spiro atoms. The quantitative estimate of drug-likeness (QED) is 0.692. The van der Waals surface area contributed by atoms with Crippen LogP contribution in [0.3, 0.4) is 0 Å². The number of carbonyl (C=O) groups is 1. The molecule has 132 valence electrons. The zero-order chi connectivity index (χ0) is 18.4. The number of aryl methyl sites for hydroxylation is 2. The number of amides is 1. The SMILES string of the molecule is Cc1ccc(CC(=O)Nc2ccc(NCc3ccccc3C)nc2)cc1. The molecule has 0 radical (unpaired) electrons. The predicted molar refractivity (Wildman–Crippen MR) is 106 cm³/mol. The van der Waals surface area contributed by atoms with Crippen molar-refractivity contribution in [2.45, 2.75) is 26.8 Å². The van der Waals surface area contributed by atoms with E-state index < -0.39 is 0 Å². The second kappa shape index (κ2) is 8.30. The van der Waals surface area contributed by atoms with Crippen LogP contribution < -0.4 is 10.6 Å². The number of hydrogen-bond acceptors (Lipinski definition) is 3. The molecule has 0 saturated heterocycles. The van der Waals surface area contributed by atoms with Crippen LogP contribution in [0.15, 0.2) is 66.9 Å². The van der Waals surface area contributed by atoms with Gasteiger partial charge in [0.05, 0.1) is 18.3 Å². The minimum Gasteiger partial charge on any atom is -0.366 e. The van der Waals surface area contributed by atoms with Crippen LogP contribution in [-0.2, 0) is 17.8 Å². The van der Waals surface area contributed by atoms with Crippen molar-refractivity contribution in [3.8, 4) is 0 Å². The van der Waals surface area contributed by atoms with Crippen molar-refractivity contribution in [3.05, 3.63) is 89.1 Å². The van der Waals surface area contributed by atoms with Crippen molar-refractivity contribution in [2.75, 3.05) is 10.6 Å². The summed E-state index contributed by atoms with van der Waals surface area (Å²) in [6, 6.07) is 20.0.